The lowest BCUT2D eigenvalue weighted by Crippen LogP contribution is -2.55. The molecule has 154 valence electrons. The van der Waals surface area contributed by atoms with Crippen LogP contribution in [-0.4, -0.2) is 53.7 Å². The van der Waals surface area contributed by atoms with Crippen LogP contribution in [0, 0.1) is 26.7 Å². The van der Waals surface area contributed by atoms with Crippen LogP contribution in [-0.2, 0) is 9.59 Å². The van der Waals surface area contributed by atoms with Gasteiger partial charge in [-0.1, -0.05) is 6.07 Å². The van der Waals surface area contributed by atoms with Crippen molar-refractivity contribution in [3.63, 3.8) is 0 Å². The number of amides is 1. The van der Waals surface area contributed by atoms with Gasteiger partial charge < -0.3 is 15.2 Å². The summed E-state index contributed by atoms with van der Waals surface area (Å²) < 4.78 is 5.82. The Labute approximate surface area is 167 Å². The fraction of sp³-hybridized carbons (Fsp3) is 0.636. The number of nitrogens with zero attached hydrogens (tertiary/aromatic N) is 1. The lowest BCUT2D eigenvalue weighted by atomic mass is 9.85. The highest BCUT2D eigenvalue weighted by Gasteiger charge is 2.37. The van der Waals surface area contributed by atoms with Crippen molar-refractivity contribution in [2.75, 3.05) is 19.7 Å². The first-order valence-electron chi connectivity index (χ1n) is 10.3. The summed E-state index contributed by atoms with van der Waals surface area (Å²) in [5.41, 5.74) is 3.46. The second-order valence-electron chi connectivity index (χ2n) is 8.46. The lowest BCUT2D eigenvalue weighted by Gasteiger charge is -2.42. The maximum absolute atomic E-state index is 12.2. The number of carbonyl (C=O) groups excluding carboxylic acids is 1. The molecule has 2 aliphatic carbocycles. The normalized spacial score (nSPS) is 21.3. The fourth-order valence-corrected chi connectivity index (χ4v) is 3.86. The predicted molar refractivity (Wildman–Crippen MR) is 108 cm³/mol. The Kier molecular flexibility index (Phi) is 6.60. The van der Waals surface area contributed by atoms with E-state index in [9.17, 15) is 9.59 Å². The van der Waals surface area contributed by atoms with Gasteiger partial charge in [0.15, 0.2) is 0 Å². The Hall–Kier alpha value is -2.08. The highest BCUT2D eigenvalue weighted by Crippen LogP contribution is 2.33. The van der Waals surface area contributed by atoms with Gasteiger partial charge in [-0.15, -0.1) is 0 Å². The van der Waals surface area contributed by atoms with E-state index in [-0.39, 0.29) is 24.5 Å². The van der Waals surface area contributed by atoms with Crippen molar-refractivity contribution < 1.29 is 19.4 Å². The third kappa shape index (κ3) is 5.71. The smallest absolute Gasteiger partial charge is 0.317 e. The van der Waals surface area contributed by atoms with E-state index >= 15 is 0 Å². The third-order valence-electron chi connectivity index (χ3n) is 5.87. The minimum Gasteiger partial charge on any atom is -0.493 e. The average molecular weight is 389 g/mol. The summed E-state index contributed by atoms with van der Waals surface area (Å²) >= 11 is 0. The molecule has 2 aliphatic rings. The van der Waals surface area contributed by atoms with Gasteiger partial charge in [0.25, 0.3) is 0 Å². The molecule has 28 heavy (non-hydrogen) atoms. The van der Waals surface area contributed by atoms with E-state index in [0.717, 1.165) is 36.3 Å². The number of nitrogens with one attached hydrogen (secondary N) is 1. The van der Waals surface area contributed by atoms with Crippen LogP contribution in [0.25, 0.3) is 0 Å². The highest BCUT2D eigenvalue weighted by atomic mass is 16.5. The van der Waals surface area contributed by atoms with Gasteiger partial charge in [0.2, 0.25) is 5.91 Å². The molecule has 0 unspecified atom stereocenters. The number of rotatable bonds is 10. The molecule has 0 atom stereocenters. The molecule has 6 nitrogen and oxygen atoms in total. The first kappa shape index (κ1) is 20.6. The van der Waals surface area contributed by atoms with Gasteiger partial charge in [-0.05, 0) is 75.1 Å². The molecule has 1 amide bonds. The standard InChI is InChI=1S/C22H32N2O4/c1-14-8-15(2)16(3)20(9-14)28-7-6-21(25)23-18-10-19(11-18)24(13-22(26)27)12-17-4-5-17/h8-9,17-19H,4-7,10-13H2,1-3H3,(H,23,25)(H,26,27). The molecule has 0 aromatic heterocycles. The molecule has 6 heteroatoms. The largest absolute Gasteiger partial charge is 0.493 e. The molecule has 0 heterocycles. The number of carboxylic acid groups (broad SMARTS) is 1. The van der Waals surface area contributed by atoms with Gasteiger partial charge in [0.05, 0.1) is 19.6 Å². The number of hydrogen-bond donors (Lipinski definition) is 2. The maximum atomic E-state index is 12.2. The van der Waals surface area contributed by atoms with Gasteiger partial charge >= 0.3 is 5.97 Å². The molecule has 0 bridgehead atoms. The Morgan fingerprint density at radius 2 is 1.93 bits per heavy atom. The van der Waals surface area contributed by atoms with E-state index in [2.05, 4.69) is 23.2 Å². The zero-order valence-corrected chi connectivity index (χ0v) is 17.2. The molecule has 0 spiro atoms. The van der Waals surface area contributed by atoms with E-state index in [1.54, 1.807) is 0 Å². The Balaban J connectivity index is 1.37. The lowest BCUT2D eigenvalue weighted by molar-refractivity contribution is -0.140. The molecule has 2 saturated carbocycles. The van der Waals surface area contributed by atoms with Crippen LogP contribution in [0.4, 0.5) is 0 Å². The quantitative estimate of drug-likeness (QED) is 0.644. The number of carbonyl (C=O) groups is 2. The van der Waals surface area contributed by atoms with Crippen LogP contribution in [0.2, 0.25) is 0 Å². The summed E-state index contributed by atoms with van der Waals surface area (Å²) in [5.74, 6) is 0.738. The summed E-state index contributed by atoms with van der Waals surface area (Å²) in [7, 11) is 0. The number of carboxylic acids is 1. The summed E-state index contributed by atoms with van der Waals surface area (Å²) in [6.45, 7) is 7.47. The van der Waals surface area contributed by atoms with E-state index in [0.29, 0.717) is 18.9 Å². The Morgan fingerprint density at radius 3 is 2.57 bits per heavy atom. The van der Waals surface area contributed by atoms with Crippen molar-refractivity contribution >= 4 is 11.9 Å². The number of ether oxygens (including phenoxy) is 1. The Morgan fingerprint density at radius 1 is 1.21 bits per heavy atom. The molecule has 1 aromatic carbocycles. The van der Waals surface area contributed by atoms with Crippen molar-refractivity contribution in [1.82, 2.24) is 10.2 Å². The van der Waals surface area contributed by atoms with E-state index in [1.165, 1.54) is 18.4 Å². The van der Waals surface area contributed by atoms with Crippen molar-refractivity contribution in [3.8, 4) is 5.75 Å². The topological polar surface area (TPSA) is 78.9 Å². The number of aryl methyl sites for hydroxylation is 2. The molecule has 0 saturated heterocycles. The van der Waals surface area contributed by atoms with Crippen LogP contribution >= 0.6 is 0 Å². The molecule has 3 rings (SSSR count). The molecule has 0 radical (unpaired) electrons. The van der Waals surface area contributed by atoms with Crippen molar-refractivity contribution in [2.45, 2.75) is 65.0 Å². The summed E-state index contributed by atoms with van der Waals surface area (Å²) in [6.07, 6.45) is 4.42. The van der Waals surface area contributed by atoms with E-state index in [4.69, 9.17) is 9.84 Å². The van der Waals surface area contributed by atoms with Gasteiger partial charge in [0, 0.05) is 18.6 Å². The van der Waals surface area contributed by atoms with Gasteiger partial charge in [0.1, 0.15) is 5.75 Å². The van der Waals surface area contributed by atoms with Crippen molar-refractivity contribution in [1.29, 1.82) is 0 Å². The number of hydrogen-bond acceptors (Lipinski definition) is 4. The maximum Gasteiger partial charge on any atom is 0.317 e. The van der Waals surface area contributed by atoms with E-state index < -0.39 is 5.97 Å². The van der Waals surface area contributed by atoms with Crippen LogP contribution in [0.3, 0.4) is 0 Å². The van der Waals surface area contributed by atoms with Gasteiger partial charge in [-0.25, -0.2) is 0 Å². The predicted octanol–water partition coefficient (Wildman–Crippen LogP) is 2.82. The summed E-state index contributed by atoms with van der Waals surface area (Å²) in [6, 6.07) is 4.55. The molecular weight excluding hydrogens is 356 g/mol. The minimum atomic E-state index is -0.771. The second-order valence-corrected chi connectivity index (χ2v) is 8.46. The molecule has 2 N–H and O–H groups in total. The first-order valence-corrected chi connectivity index (χ1v) is 10.3. The van der Waals surface area contributed by atoms with Crippen molar-refractivity contribution in [3.05, 3.63) is 28.8 Å². The Bertz CT molecular complexity index is 723. The van der Waals surface area contributed by atoms with Crippen LogP contribution in [0.15, 0.2) is 12.1 Å². The van der Waals surface area contributed by atoms with Crippen LogP contribution in [0.5, 0.6) is 5.75 Å². The van der Waals surface area contributed by atoms with Crippen LogP contribution < -0.4 is 10.1 Å². The minimum absolute atomic E-state index is 0.00236. The van der Waals surface area contributed by atoms with Crippen LogP contribution in [0.1, 0.15) is 48.8 Å². The van der Waals surface area contributed by atoms with E-state index in [1.807, 2.05) is 19.9 Å². The fourth-order valence-electron chi connectivity index (χ4n) is 3.86. The zero-order valence-electron chi connectivity index (χ0n) is 17.2. The summed E-state index contributed by atoms with van der Waals surface area (Å²) in [4.78, 5) is 25.4. The molecule has 1 aromatic rings. The van der Waals surface area contributed by atoms with Crippen molar-refractivity contribution in [2.24, 2.45) is 5.92 Å². The van der Waals surface area contributed by atoms with Gasteiger partial charge in [-0.2, -0.15) is 0 Å². The SMILES string of the molecule is Cc1cc(C)c(C)c(OCCC(=O)NC2CC(N(CC(=O)O)CC3CC3)C2)c1. The zero-order chi connectivity index (χ0) is 20.3. The number of benzene rings is 1. The number of aliphatic carboxylic acids is 1. The van der Waals surface area contributed by atoms with Gasteiger partial charge in [-0.3, -0.25) is 14.5 Å². The first-order chi connectivity index (χ1) is 13.3. The molecule has 0 aliphatic heterocycles. The monoisotopic (exact) mass is 388 g/mol. The average Bonchev–Trinajstić information content (AvgIpc) is 3.38. The summed E-state index contributed by atoms with van der Waals surface area (Å²) in [5, 5.41) is 12.2. The third-order valence-corrected chi connectivity index (χ3v) is 5.87. The molecule has 2 fully saturated rings. The highest BCUT2D eigenvalue weighted by molar-refractivity contribution is 5.76. The molecular formula is C22H32N2O4. The second kappa shape index (κ2) is 8.95.